The van der Waals surface area contributed by atoms with Gasteiger partial charge in [0, 0.05) is 28.0 Å². The maximum absolute atomic E-state index is 11.8. The minimum Gasteiger partial charge on any atom is -0.366 e. The zero-order chi connectivity index (χ0) is 15.1. The SMILES string of the molecule is NC(=O)c1cc(-c2c[nH]c3ccccc23)nc2ccccc12. The second-order valence-electron chi connectivity index (χ2n) is 5.18. The van der Waals surface area contributed by atoms with Crippen LogP contribution in [0.25, 0.3) is 33.1 Å². The number of carbonyl (C=O) groups is 1. The fourth-order valence-corrected chi connectivity index (χ4v) is 2.80. The number of hydrogen-bond donors (Lipinski definition) is 2. The van der Waals surface area contributed by atoms with Crippen molar-refractivity contribution in [3.63, 3.8) is 0 Å². The Morgan fingerprint density at radius 2 is 1.73 bits per heavy atom. The summed E-state index contributed by atoms with van der Waals surface area (Å²) >= 11 is 0. The summed E-state index contributed by atoms with van der Waals surface area (Å²) in [6, 6.07) is 17.3. The maximum atomic E-state index is 11.8. The van der Waals surface area contributed by atoms with E-state index >= 15 is 0 Å². The molecule has 0 spiro atoms. The zero-order valence-electron chi connectivity index (χ0n) is 11.7. The first-order valence-electron chi connectivity index (χ1n) is 7.00. The Kier molecular flexibility index (Phi) is 2.69. The van der Waals surface area contributed by atoms with Gasteiger partial charge in [-0.2, -0.15) is 0 Å². The van der Waals surface area contributed by atoms with E-state index < -0.39 is 5.91 Å². The van der Waals surface area contributed by atoms with Crippen LogP contribution in [0.2, 0.25) is 0 Å². The average molecular weight is 287 g/mol. The molecule has 0 unspecified atom stereocenters. The van der Waals surface area contributed by atoms with E-state index in [4.69, 9.17) is 5.73 Å². The lowest BCUT2D eigenvalue weighted by atomic mass is 10.0. The molecule has 22 heavy (non-hydrogen) atoms. The quantitative estimate of drug-likeness (QED) is 0.592. The van der Waals surface area contributed by atoms with Crippen molar-refractivity contribution in [2.24, 2.45) is 5.73 Å². The number of nitrogens with one attached hydrogen (secondary N) is 1. The van der Waals surface area contributed by atoms with Gasteiger partial charge in [-0.25, -0.2) is 4.98 Å². The van der Waals surface area contributed by atoms with Gasteiger partial charge in [0.25, 0.3) is 0 Å². The molecule has 4 heteroatoms. The highest BCUT2D eigenvalue weighted by Crippen LogP contribution is 2.30. The third-order valence-corrected chi connectivity index (χ3v) is 3.85. The molecule has 0 saturated heterocycles. The summed E-state index contributed by atoms with van der Waals surface area (Å²) in [5.74, 6) is -0.445. The minimum absolute atomic E-state index is 0.445. The number of aromatic amines is 1. The van der Waals surface area contributed by atoms with Crippen molar-refractivity contribution >= 4 is 27.7 Å². The van der Waals surface area contributed by atoms with Gasteiger partial charge in [-0.3, -0.25) is 4.79 Å². The smallest absolute Gasteiger partial charge is 0.249 e. The molecule has 0 aliphatic carbocycles. The monoisotopic (exact) mass is 287 g/mol. The fraction of sp³-hybridized carbons (Fsp3) is 0. The number of nitrogens with zero attached hydrogens (tertiary/aromatic N) is 1. The predicted octanol–water partition coefficient (Wildman–Crippen LogP) is 3.48. The summed E-state index contributed by atoms with van der Waals surface area (Å²) < 4.78 is 0. The number of carbonyl (C=O) groups excluding carboxylic acids is 1. The number of pyridine rings is 1. The summed E-state index contributed by atoms with van der Waals surface area (Å²) in [5, 5.41) is 1.85. The normalized spacial score (nSPS) is 11.1. The number of primary amides is 1. The summed E-state index contributed by atoms with van der Waals surface area (Å²) in [6.07, 6.45) is 1.91. The molecule has 0 saturated carbocycles. The van der Waals surface area contributed by atoms with Crippen LogP contribution in [0.3, 0.4) is 0 Å². The molecule has 0 radical (unpaired) electrons. The van der Waals surface area contributed by atoms with E-state index in [2.05, 4.69) is 9.97 Å². The van der Waals surface area contributed by atoms with E-state index in [9.17, 15) is 4.79 Å². The molecular formula is C18H13N3O. The highest BCUT2D eigenvalue weighted by molar-refractivity contribution is 6.07. The van der Waals surface area contributed by atoms with Crippen LogP contribution in [0, 0.1) is 0 Å². The van der Waals surface area contributed by atoms with Crippen molar-refractivity contribution in [2.75, 3.05) is 0 Å². The molecule has 4 aromatic rings. The molecule has 1 amide bonds. The first-order valence-corrected chi connectivity index (χ1v) is 7.00. The Labute approximate surface area is 126 Å². The van der Waals surface area contributed by atoms with Crippen LogP contribution >= 0.6 is 0 Å². The van der Waals surface area contributed by atoms with E-state index in [-0.39, 0.29) is 0 Å². The first kappa shape index (κ1) is 12.6. The first-order chi connectivity index (χ1) is 10.7. The molecule has 3 N–H and O–H groups in total. The number of benzene rings is 2. The number of amides is 1. The maximum Gasteiger partial charge on any atom is 0.249 e. The summed E-state index contributed by atoms with van der Waals surface area (Å²) in [5.41, 5.74) is 9.53. The lowest BCUT2D eigenvalue weighted by Gasteiger charge is -2.06. The third kappa shape index (κ3) is 1.85. The number of nitrogens with two attached hydrogens (primary N) is 1. The third-order valence-electron chi connectivity index (χ3n) is 3.85. The number of aromatic nitrogens is 2. The van der Waals surface area contributed by atoms with Crippen LogP contribution in [0.5, 0.6) is 0 Å². The van der Waals surface area contributed by atoms with Crippen LogP contribution in [0.1, 0.15) is 10.4 Å². The Morgan fingerprint density at radius 1 is 1.00 bits per heavy atom. The molecule has 0 aliphatic rings. The van der Waals surface area contributed by atoms with E-state index in [1.165, 1.54) is 0 Å². The van der Waals surface area contributed by atoms with Crippen molar-refractivity contribution in [3.8, 4) is 11.3 Å². The molecule has 4 nitrogen and oxygen atoms in total. The summed E-state index contributed by atoms with van der Waals surface area (Å²) in [4.78, 5) is 19.7. The van der Waals surface area contributed by atoms with Gasteiger partial charge in [0.05, 0.1) is 16.8 Å². The highest BCUT2D eigenvalue weighted by Gasteiger charge is 2.13. The Hall–Kier alpha value is -3.14. The van der Waals surface area contributed by atoms with Crippen molar-refractivity contribution in [2.45, 2.75) is 0 Å². The van der Waals surface area contributed by atoms with E-state index in [0.29, 0.717) is 5.56 Å². The van der Waals surface area contributed by atoms with Gasteiger partial charge in [-0.1, -0.05) is 36.4 Å². The average Bonchev–Trinajstić information content (AvgIpc) is 2.97. The molecule has 0 fully saturated rings. The van der Waals surface area contributed by atoms with Crippen molar-refractivity contribution < 1.29 is 4.79 Å². The number of hydrogen-bond acceptors (Lipinski definition) is 2. The largest absolute Gasteiger partial charge is 0.366 e. The molecule has 2 heterocycles. The van der Waals surface area contributed by atoms with Gasteiger partial charge in [-0.15, -0.1) is 0 Å². The molecule has 4 rings (SSSR count). The zero-order valence-corrected chi connectivity index (χ0v) is 11.7. The van der Waals surface area contributed by atoms with Crippen LogP contribution < -0.4 is 5.73 Å². The molecule has 0 aliphatic heterocycles. The fourth-order valence-electron chi connectivity index (χ4n) is 2.80. The number of para-hydroxylation sites is 2. The van der Waals surface area contributed by atoms with Crippen molar-refractivity contribution in [1.29, 1.82) is 0 Å². The lowest BCUT2D eigenvalue weighted by molar-refractivity contribution is 0.100. The number of fused-ring (bicyclic) bond motifs is 2. The minimum atomic E-state index is -0.445. The van der Waals surface area contributed by atoms with Crippen LogP contribution in [-0.4, -0.2) is 15.9 Å². The second-order valence-corrected chi connectivity index (χ2v) is 5.18. The molecule has 106 valence electrons. The summed E-state index contributed by atoms with van der Waals surface area (Å²) in [7, 11) is 0. The number of rotatable bonds is 2. The Balaban J connectivity index is 2.05. The van der Waals surface area contributed by atoms with Gasteiger partial charge in [-0.05, 0) is 18.2 Å². The van der Waals surface area contributed by atoms with Gasteiger partial charge in [0.15, 0.2) is 0 Å². The predicted molar refractivity (Wildman–Crippen MR) is 87.6 cm³/mol. The van der Waals surface area contributed by atoms with Crippen molar-refractivity contribution in [1.82, 2.24) is 9.97 Å². The molecule has 0 bridgehead atoms. The molecule has 2 aromatic carbocycles. The lowest BCUT2D eigenvalue weighted by Crippen LogP contribution is -2.12. The Morgan fingerprint density at radius 3 is 2.55 bits per heavy atom. The molecule has 0 atom stereocenters. The standard InChI is InChI=1S/C18H13N3O/c19-18(22)13-9-17(21-16-8-4-2-5-11(13)16)14-10-20-15-7-3-1-6-12(14)15/h1-10,20H,(H2,19,22). The highest BCUT2D eigenvalue weighted by atomic mass is 16.1. The van der Waals surface area contributed by atoms with Gasteiger partial charge in [0.1, 0.15) is 0 Å². The van der Waals surface area contributed by atoms with Gasteiger partial charge < -0.3 is 10.7 Å². The topological polar surface area (TPSA) is 71.8 Å². The Bertz CT molecular complexity index is 1020. The van der Waals surface area contributed by atoms with Crippen molar-refractivity contribution in [3.05, 3.63) is 66.4 Å². The van der Waals surface area contributed by atoms with Crippen LogP contribution in [0.4, 0.5) is 0 Å². The van der Waals surface area contributed by atoms with Crippen LogP contribution in [0.15, 0.2) is 60.8 Å². The van der Waals surface area contributed by atoms with Crippen LogP contribution in [-0.2, 0) is 0 Å². The van der Waals surface area contributed by atoms with Gasteiger partial charge >= 0.3 is 0 Å². The molecular weight excluding hydrogens is 274 g/mol. The summed E-state index contributed by atoms with van der Waals surface area (Å²) in [6.45, 7) is 0. The number of H-pyrrole nitrogens is 1. The second kappa shape index (κ2) is 4.70. The van der Waals surface area contributed by atoms with E-state index in [1.54, 1.807) is 6.07 Å². The van der Waals surface area contributed by atoms with Gasteiger partial charge in [0.2, 0.25) is 5.91 Å². The van der Waals surface area contributed by atoms with E-state index in [0.717, 1.165) is 33.1 Å². The molecule has 2 aromatic heterocycles. The van der Waals surface area contributed by atoms with E-state index in [1.807, 2.05) is 54.7 Å².